The smallest absolute Gasteiger partial charge is 0.0837 e. The molecule has 2 heteroatoms. The van der Waals surface area contributed by atoms with Crippen LogP contribution in [0.5, 0.6) is 0 Å². The molecule has 0 radical (unpaired) electrons. The van der Waals surface area contributed by atoms with Gasteiger partial charge in [0, 0.05) is 12.5 Å². The molecule has 2 N–H and O–H groups in total. The Morgan fingerprint density at radius 3 is 2.33 bits per heavy atom. The van der Waals surface area contributed by atoms with E-state index in [1.165, 1.54) is 0 Å². The summed E-state index contributed by atoms with van der Waals surface area (Å²) >= 11 is 0. The van der Waals surface area contributed by atoms with Gasteiger partial charge in [-0.2, -0.15) is 0 Å². The molecule has 1 aromatic carbocycles. The molecular formula is C10H14O2. The monoisotopic (exact) mass is 166 g/mol. The highest BCUT2D eigenvalue weighted by Gasteiger charge is 2.14. The van der Waals surface area contributed by atoms with E-state index < -0.39 is 6.10 Å². The van der Waals surface area contributed by atoms with Gasteiger partial charge < -0.3 is 10.2 Å². The fourth-order valence-electron chi connectivity index (χ4n) is 1.08. The first-order chi connectivity index (χ1) is 5.75. The molecule has 0 bridgehead atoms. The molecule has 0 fully saturated rings. The van der Waals surface area contributed by atoms with E-state index >= 15 is 0 Å². The Labute approximate surface area is 72.5 Å². The summed E-state index contributed by atoms with van der Waals surface area (Å²) in [6.07, 6.45) is -0.559. The van der Waals surface area contributed by atoms with Gasteiger partial charge in [-0.3, -0.25) is 0 Å². The maximum atomic E-state index is 9.63. The Bertz CT molecular complexity index is 221. The Balaban J connectivity index is 2.71. The van der Waals surface area contributed by atoms with Gasteiger partial charge in [0.25, 0.3) is 0 Å². The second kappa shape index (κ2) is 4.24. The predicted octanol–water partition coefficient (Wildman–Crippen LogP) is 1.35. The third-order valence-corrected chi connectivity index (χ3v) is 1.97. The van der Waals surface area contributed by atoms with Gasteiger partial charge in [0.05, 0.1) is 6.10 Å². The maximum absolute atomic E-state index is 9.63. The summed E-state index contributed by atoms with van der Waals surface area (Å²) in [5, 5.41) is 18.4. The first-order valence-corrected chi connectivity index (χ1v) is 4.09. The van der Waals surface area contributed by atoms with Crippen molar-refractivity contribution < 1.29 is 10.2 Å². The third kappa shape index (κ3) is 2.06. The van der Waals surface area contributed by atoms with Crippen LogP contribution in [0.15, 0.2) is 30.3 Å². The van der Waals surface area contributed by atoms with E-state index in [-0.39, 0.29) is 12.5 Å². The van der Waals surface area contributed by atoms with E-state index in [0.29, 0.717) is 0 Å². The van der Waals surface area contributed by atoms with Crippen LogP contribution in [0.1, 0.15) is 18.6 Å². The molecular weight excluding hydrogens is 152 g/mol. The van der Waals surface area contributed by atoms with Crippen LogP contribution in [-0.4, -0.2) is 16.8 Å². The van der Waals surface area contributed by atoms with E-state index in [4.69, 9.17) is 5.11 Å². The number of aliphatic hydroxyl groups excluding tert-OH is 2. The lowest BCUT2D eigenvalue weighted by molar-refractivity contribution is 0.0770. The summed E-state index contributed by atoms with van der Waals surface area (Å²) in [5.41, 5.74) is 0.860. The fourth-order valence-corrected chi connectivity index (χ4v) is 1.08. The van der Waals surface area contributed by atoms with Gasteiger partial charge in [0.1, 0.15) is 0 Å². The molecule has 2 atom stereocenters. The highest BCUT2D eigenvalue weighted by atomic mass is 16.3. The first-order valence-electron chi connectivity index (χ1n) is 4.09. The molecule has 0 heterocycles. The standard InChI is InChI=1S/C10H14O2/c1-8(7-11)10(12)9-5-3-2-4-6-9/h2-6,8,10-12H,7H2,1H3/t8-,10?/m0/s1. The molecule has 0 spiro atoms. The van der Waals surface area contributed by atoms with E-state index in [1.54, 1.807) is 0 Å². The Morgan fingerprint density at radius 1 is 1.25 bits per heavy atom. The van der Waals surface area contributed by atoms with Crippen molar-refractivity contribution in [2.45, 2.75) is 13.0 Å². The molecule has 2 nitrogen and oxygen atoms in total. The van der Waals surface area contributed by atoms with Gasteiger partial charge in [-0.15, -0.1) is 0 Å². The minimum Gasteiger partial charge on any atom is -0.396 e. The van der Waals surface area contributed by atoms with Crippen molar-refractivity contribution in [3.8, 4) is 0 Å². The minimum atomic E-state index is -0.559. The van der Waals surface area contributed by atoms with Crippen LogP contribution >= 0.6 is 0 Å². The lowest BCUT2D eigenvalue weighted by Crippen LogP contribution is -2.12. The van der Waals surface area contributed by atoms with Gasteiger partial charge >= 0.3 is 0 Å². The third-order valence-electron chi connectivity index (χ3n) is 1.97. The second-order valence-electron chi connectivity index (χ2n) is 3.02. The number of hydrogen-bond acceptors (Lipinski definition) is 2. The SMILES string of the molecule is C[C@@H](CO)C(O)c1ccccc1. The van der Waals surface area contributed by atoms with Gasteiger partial charge in [-0.25, -0.2) is 0 Å². The summed E-state index contributed by atoms with van der Waals surface area (Å²) in [6, 6.07) is 9.37. The molecule has 1 rings (SSSR count). The van der Waals surface area contributed by atoms with Crippen molar-refractivity contribution in [3.05, 3.63) is 35.9 Å². The van der Waals surface area contributed by atoms with Gasteiger partial charge in [-0.1, -0.05) is 37.3 Å². The zero-order valence-electron chi connectivity index (χ0n) is 7.14. The van der Waals surface area contributed by atoms with Crippen LogP contribution < -0.4 is 0 Å². The van der Waals surface area contributed by atoms with Crippen LogP contribution in [0.3, 0.4) is 0 Å². The van der Waals surface area contributed by atoms with E-state index in [0.717, 1.165) is 5.56 Å². The minimum absolute atomic E-state index is 0.00998. The maximum Gasteiger partial charge on any atom is 0.0837 e. The van der Waals surface area contributed by atoms with Crippen LogP contribution in [0.4, 0.5) is 0 Å². The number of benzene rings is 1. The molecule has 0 amide bonds. The molecule has 0 aliphatic heterocycles. The Morgan fingerprint density at radius 2 is 1.83 bits per heavy atom. The highest BCUT2D eigenvalue weighted by Crippen LogP contribution is 2.20. The van der Waals surface area contributed by atoms with Crippen LogP contribution in [0, 0.1) is 5.92 Å². The van der Waals surface area contributed by atoms with Crippen molar-refractivity contribution in [1.29, 1.82) is 0 Å². The summed E-state index contributed by atoms with van der Waals surface area (Å²) in [4.78, 5) is 0. The molecule has 0 saturated carbocycles. The first kappa shape index (κ1) is 9.23. The van der Waals surface area contributed by atoms with Crippen LogP contribution in [0.2, 0.25) is 0 Å². The van der Waals surface area contributed by atoms with Crippen molar-refractivity contribution in [3.63, 3.8) is 0 Å². The van der Waals surface area contributed by atoms with E-state index in [9.17, 15) is 5.11 Å². The average molecular weight is 166 g/mol. The topological polar surface area (TPSA) is 40.5 Å². The highest BCUT2D eigenvalue weighted by molar-refractivity contribution is 5.17. The van der Waals surface area contributed by atoms with Crippen molar-refractivity contribution >= 4 is 0 Å². The van der Waals surface area contributed by atoms with Gasteiger partial charge in [0.2, 0.25) is 0 Å². The normalized spacial score (nSPS) is 15.6. The van der Waals surface area contributed by atoms with Crippen LogP contribution in [0.25, 0.3) is 0 Å². The molecule has 1 aromatic rings. The lowest BCUT2D eigenvalue weighted by Gasteiger charge is -2.16. The lowest BCUT2D eigenvalue weighted by atomic mass is 9.98. The predicted molar refractivity (Wildman–Crippen MR) is 47.7 cm³/mol. The molecule has 0 aromatic heterocycles. The molecule has 66 valence electrons. The molecule has 0 aliphatic carbocycles. The van der Waals surface area contributed by atoms with Crippen molar-refractivity contribution in [2.75, 3.05) is 6.61 Å². The number of rotatable bonds is 3. The van der Waals surface area contributed by atoms with E-state index in [2.05, 4.69) is 0 Å². The largest absolute Gasteiger partial charge is 0.396 e. The summed E-state index contributed by atoms with van der Waals surface area (Å²) in [6.45, 7) is 1.83. The molecule has 0 aliphatic rings. The zero-order valence-corrected chi connectivity index (χ0v) is 7.14. The summed E-state index contributed by atoms with van der Waals surface area (Å²) in [5.74, 6) is -0.104. The molecule has 12 heavy (non-hydrogen) atoms. The van der Waals surface area contributed by atoms with Crippen molar-refractivity contribution in [1.82, 2.24) is 0 Å². The fraction of sp³-hybridized carbons (Fsp3) is 0.400. The van der Waals surface area contributed by atoms with Crippen molar-refractivity contribution in [2.24, 2.45) is 5.92 Å². The van der Waals surface area contributed by atoms with E-state index in [1.807, 2.05) is 37.3 Å². The van der Waals surface area contributed by atoms with Crippen LogP contribution in [-0.2, 0) is 0 Å². The Hall–Kier alpha value is -0.860. The number of aliphatic hydroxyl groups is 2. The summed E-state index contributed by atoms with van der Waals surface area (Å²) < 4.78 is 0. The molecule has 1 unspecified atom stereocenters. The summed E-state index contributed by atoms with van der Waals surface area (Å²) in [7, 11) is 0. The number of hydrogen-bond donors (Lipinski definition) is 2. The Kier molecular flexibility index (Phi) is 3.26. The average Bonchev–Trinajstić information content (AvgIpc) is 2.17. The molecule has 0 saturated heterocycles. The van der Waals surface area contributed by atoms with Gasteiger partial charge in [0.15, 0.2) is 0 Å². The zero-order chi connectivity index (χ0) is 8.97. The quantitative estimate of drug-likeness (QED) is 0.711. The second-order valence-corrected chi connectivity index (χ2v) is 3.02. The van der Waals surface area contributed by atoms with Gasteiger partial charge in [-0.05, 0) is 5.56 Å².